The van der Waals surface area contributed by atoms with Crippen LogP contribution in [0.25, 0.3) is 0 Å². The molecular formula is C13H11F5N4O2. The molecule has 11 heteroatoms. The highest BCUT2D eigenvalue weighted by molar-refractivity contribution is 5.94. The number of alkyl halides is 3. The van der Waals surface area contributed by atoms with Crippen molar-refractivity contribution in [3.63, 3.8) is 0 Å². The summed E-state index contributed by atoms with van der Waals surface area (Å²) in [5.41, 5.74) is -0.163. The molecule has 0 bridgehead atoms. The Morgan fingerprint density at radius 2 is 2.04 bits per heavy atom. The Labute approximate surface area is 132 Å². The molecule has 0 saturated carbocycles. The number of carbonyl (C=O) groups excluding carboxylic acids is 1. The molecule has 1 unspecified atom stereocenters. The third-order valence-electron chi connectivity index (χ3n) is 2.67. The van der Waals surface area contributed by atoms with Crippen molar-refractivity contribution >= 4 is 17.4 Å². The fourth-order valence-corrected chi connectivity index (χ4v) is 1.67. The molecule has 0 aliphatic heterocycles. The van der Waals surface area contributed by atoms with Crippen LogP contribution in [-0.4, -0.2) is 28.5 Å². The summed E-state index contributed by atoms with van der Waals surface area (Å²) in [5, 5.41) is 9.73. The lowest BCUT2D eigenvalue weighted by atomic mass is 10.3. The number of benzene rings is 1. The minimum atomic E-state index is -5.05. The van der Waals surface area contributed by atoms with E-state index >= 15 is 0 Å². The molecule has 6 nitrogen and oxygen atoms in total. The first-order valence-corrected chi connectivity index (χ1v) is 6.47. The number of amides is 1. The Balaban J connectivity index is 1.96. The molecule has 1 aromatic heterocycles. The van der Waals surface area contributed by atoms with Gasteiger partial charge in [0.05, 0.1) is 5.69 Å². The molecule has 24 heavy (non-hydrogen) atoms. The maximum Gasteiger partial charge on any atom is 0.471 e. The zero-order valence-corrected chi connectivity index (χ0v) is 12.0. The standard InChI is InChI=1S/C13H11F5N4O2/c1-6(19-8-4-2-3-7(14)11(8)15)24-10-5-9(21-22-10)20-12(23)13(16,17)18/h2-6,19H,1H3,(H2,20,21,22,23). The molecule has 2 aromatic rings. The van der Waals surface area contributed by atoms with Crippen molar-refractivity contribution in [1.29, 1.82) is 0 Å². The lowest BCUT2D eigenvalue weighted by Crippen LogP contribution is -2.30. The summed E-state index contributed by atoms with van der Waals surface area (Å²) >= 11 is 0. The maximum atomic E-state index is 13.5. The second-order valence-corrected chi connectivity index (χ2v) is 4.58. The number of H-pyrrole nitrogens is 1. The van der Waals surface area contributed by atoms with E-state index in [2.05, 4.69) is 15.5 Å². The number of nitrogens with zero attached hydrogens (tertiary/aromatic N) is 1. The Morgan fingerprint density at radius 1 is 1.33 bits per heavy atom. The Morgan fingerprint density at radius 3 is 2.71 bits per heavy atom. The van der Waals surface area contributed by atoms with E-state index in [0.717, 1.165) is 12.1 Å². The number of hydrogen-bond acceptors (Lipinski definition) is 4. The van der Waals surface area contributed by atoms with E-state index in [0.29, 0.717) is 0 Å². The molecule has 0 saturated heterocycles. The first-order valence-electron chi connectivity index (χ1n) is 6.47. The van der Waals surface area contributed by atoms with Crippen molar-refractivity contribution in [3.8, 4) is 5.88 Å². The topological polar surface area (TPSA) is 79.0 Å². The van der Waals surface area contributed by atoms with Crippen molar-refractivity contribution < 1.29 is 31.5 Å². The number of aromatic nitrogens is 2. The number of aromatic amines is 1. The number of carbonyl (C=O) groups is 1. The molecule has 0 radical (unpaired) electrons. The minimum absolute atomic E-state index is 0.163. The minimum Gasteiger partial charge on any atom is -0.453 e. The molecule has 1 heterocycles. The number of nitrogens with one attached hydrogen (secondary N) is 3. The van der Waals surface area contributed by atoms with Crippen LogP contribution in [0.3, 0.4) is 0 Å². The summed E-state index contributed by atoms with van der Waals surface area (Å²) in [4.78, 5) is 10.8. The van der Waals surface area contributed by atoms with Gasteiger partial charge in [-0.15, -0.1) is 5.10 Å². The third-order valence-corrected chi connectivity index (χ3v) is 2.67. The zero-order valence-electron chi connectivity index (χ0n) is 12.0. The molecule has 2 rings (SSSR count). The van der Waals surface area contributed by atoms with E-state index in [1.807, 2.05) is 0 Å². The largest absolute Gasteiger partial charge is 0.471 e. The smallest absolute Gasteiger partial charge is 0.453 e. The summed E-state index contributed by atoms with van der Waals surface area (Å²) < 4.78 is 68.1. The van der Waals surface area contributed by atoms with Crippen LogP contribution in [0.15, 0.2) is 24.3 Å². The molecule has 0 spiro atoms. The van der Waals surface area contributed by atoms with Gasteiger partial charge in [-0.1, -0.05) is 6.07 Å². The number of anilines is 2. The van der Waals surface area contributed by atoms with E-state index in [-0.39, 0.29) is 17.4 Å². The zero-order chi connectivity index (χ0) is 17.9. The van der Waals surface area contributed by atoms with Gasteiger partial charge in [0.1, 0.15) is 5.82 Å². The van der Waals surface area contributed by atoms with Gasteiger partial charge in [0.25, 0.3) is 0 Å². The van der Waals surface area contributed by atoms with Crippen LogP contribution < -0.4 is 15.4 Å². The molecular weight excluding hydrogens is 339 g/mol. The van der Waals surface area contributed by atoms with Gasteiger partial charge >= 0.3 is 12.1 Å². The fourth-order valence-electron chi connectivity index (χ4n) is 1.67. The summed E-state index contributed by atoms with van der Waals surface area (Å²) in [6.07, 6.45) is -5.94. The molecule has 130 valence electrons. The first-order chi connectivity index (χ1) is 11.2. The average molecular weight is 350 g/mol. The van der Waals surface area contributed by atoms with E-state index in [9.17, 15) is 26.7 Å². The van der Waals surface area contributed by atoms with Crippen LogP contribution in [0.2, 0.25) is 0 Å². The number of rotatable bonds is 5. The molecule has 3 N–H and O–H groups in total. The second-order valence-electron chi connectivity index (χ2n) is 4.58. The Hall–Kier alpha value is -2.85. The third kappa shape index (κ3) is 4.33. The Bertz CT molecular complexity index is 731. The van der Waals surface area contributed by atoms with Crippen LogP contribution in [0.5, 0.6) is 5.88 Å². The van der Waals surface area contributed by atoms with Gasteiger partial charge < -0.3 is 15.4 Å². The van der Waals surface area contributed by atoms with Crippen molar-refractivity contribution in [1.82, 2.24) is 10.2 Å². The van der Waals surface area contributed by atoms with Gasteiger partial charge in [0.15, 0.2) is 17.9 Å². The lowest BCUT2D eigenvalue weighted by molar-refractivity contribution is -0.167. The van der Waals surface area contributed by atoms with Crippen LogP contribution in [0.1, 0.15) is 6.92 Å². The van der Waals surface area contributed by atoms with Gasteiger partial charge in [-0.25, -0.2) is 8.78 Å². The van der Waals surface area contributed by atoms with Gasteiger partial charge in [-0.3, -0.25) is 9.89 Å². The van der Waals surface area contributed by atoms with E-state index < -0.39 is 29.9 Å². The average Bonchev–Trinajstić information content (AvgIpc) is 2.90. The molecule has 1 amide bonds. The molecule has 1 atom stereocenters. The number of halogens is 5. The summed E-state index contributed by atoms with van der Waals surface area (Å²) in [5.74, 6) is -4.83. The summed E-state index contributed by atoms with van der Waals surface area (Å²) in [6.45, 7) is 1.44. The molecule has 1 aromatic carbocycles. The monoisotopic (exact) mass is 350 g/mol. The Kier molecular flexibility index (Phi) is 4.90. The first kappa shape index (κ1) is 17.5. The predicted octanol–water partition coefficient (Wildman–Crippen LogP) is 3.03. The van der Waals surface area contributed by atoms with Crippen molar-refractivity contribution in [2.24, 2.45) is 0 Å². The van der Waals surface area contributed by atoms with Crippen LogP contribution in [-0.2, 0) is 4.79 Å². The second kappa shape index (κ2) is 6.72. The van der Waals surface area contributed by atoms with E-state index in [4.69, 9.17) is 4.74 Å². The summed E-state index contributed by atoms with van der Waals surface area (Å²) in [6, 6.07) is 4.50. The van der Waals surface area contributed by atoms with E-state index in [1.54, 1.807) is 5.32 Å². The summed E-state index contributed by atoms with van der Waals surface area (Å²) in [7, 11) is 0. The van der Waals surface area contributed by atoms with Crippen LogP contribution in [0.4, 0.5) is 33.5 Å². The lowest BCUT2D eigenvalue weighted by Gasteiger charge is -2.16. The van der Waals surface area contributed by atoms with Crippen LogP contribution >= 0.6 is 0 Å². The van der Waals surface area contributed by atoms with Crippen molar-refractivity contribution in [3.05, 3.63) is 35.9 Å². The highest BCUT2D eigenvalue weighted by Crippen LogP contribution is 2.21. The van der Waals surface area contributed by atoms with E-state index in [1.165, 1.54) is 19.1 Å². The molecule has 0 fully saturated rings. The van der Waals surface area contributed by atoms with Gasteiger partial charge in [0, 0.05) is 6.07 Å². The van der Waals surface area contributed by atoms with Gasteiger partial charge in [0.2, 0.25) is 5.88 Å². The quantitative estimate of drug-likeness (QED) is 0.572. The van der Waals surface area contributed by atoms with Crippen molar-refractivity contribution in [2.75, 3.05) is 10.6 Å². The SMILES string of the molecule is CC(Nc1cccc(F)c1F)Oc1cc(NC(=O)C(F)(F)F)[nH]n1. The number of ether oxygens (including phenoxy) is 1. The number of hydrogen-bond donors (Lipinski definition) is 3. The highest BCUT2D eigenvalue weighted by atomic mass is 19.4. The normalized spacial score (nSPS) is 12.6. The molecule has 0 aliphatic rings. The predicted molar refractivity (Wildman–Crippen MR) is 73.3 cm³/mol. The maximum absolute atomic E-state index is 13.5. The highest BCUT2D eigenvalue weighted by Gasteiger charge is 2.39. The molecule has 0 aliphatic carbocycles. The van der Waals surface area contributed by atoms with Crippen molar-refractivity contribution in [2.45, 2.75) is 19.3 Å². The fraction of sp³-hybridized carbons (Fsp3) is 0.231. The van der Waals surface area contributed by atoms with Crippen LogP contribution in [0, 0.1) is 11.6 Å². The van der Waals surface area contributed by atoms with Gasteiger partial charge in [-0.05, 0) is 19.1 Å². The van der Waals surface area contributed by atoms with Gasteiger partial charge in [-0.2, -0.15) is 13.2 Å².